The van der Waals surface area contributed by atoms with Crippen LogP contribution in [0.3, 0.4) is 0 Å². The quantitative estimate of drug-likeness (QED) is 0.742. The minimum atomic E-state index is -0.0399. The first-order chi connectivity index (χ1) is 9.49. The molecule has 0 aromatic carbocycles. The highest BCUT2D eigenvalue weighted by atomic mass is 127. The van der Waals surface area contributed by atoms with Crippen molar-refractivity contribution in [1.82, 2.24) is 14.7 Å². The number of carbonyl (C=O) groups excluding carboxylic acids is 1. The van der Waals surface area contributed by atoms with Crippen molar-refractivity contribution in [2.75, 3.05) is 7.05 Å². The van der Waals surface area contributed by atoms with E-state index in [0.29, 0.717) is 5.69 Å². The van der Waals surface area contributed by atoms with E-state index in [-0.39, 0.29) is 11.9 Å². The van der Waals surface area contributed by atoms with Crippen molar-refractivity contribution in [3.8, 4) is 0 Å². The molecule has 2 aromatic heterocycles. The maximum Gasteiger partial charge on any atom is 0.275 e. The number of rotatable bonds is 5. The summed E-state index contributed by atoms with van der Waals surface area (Å²) in [5.74, 6) is 0.909. The van der Waals surface area contributed by atoms with Crippen molar-refractivity contribution in [3.63, 3.8) is 0 Å². The molecule has 0 radical (unpaired) electrons. The molecule has 0 spiro atoms. The first kappa shape index (κ1) is 15.1. The minimum Gasteiger partial charge on any atom is -0.469 e. The van der Waals surface area contributed by atoms with Crippen LogP contribution in [0.2, 0.25) is 0 Å². The molecule has 0 saturated carbocycles. The van der Waals surface area contributed by atoms with Crippen LogP contribution >= 0.6 is 22.6 Å². The summed E-state index contributed by atoms with van der Waals surface area (Å²) >= 11 is 2.14. The van der Waals surface area contributed by atoms with E-state index < -0.39 is 0 Å². The van der Waals surface area contributed by atoms with Gasteiger partial charge in [0.2, 0.25) is 0 Å². The standard InChI is InChI=1S/C14H18IN3O2/c1-10(6-7-11-5-4-8-20-11)18(3)14(19)13-12(15)9-17(2)16-13/h4-5,8-10H,6-7H2,1-3H3. The Morgan fingerprint density at radius 1 is 1.60 bits per heavy atom. The second-order valence-electron chi connectivity index (χ2n) is 4.88. The van der Waals surface area contributed by atoms with E-state index in [1.165, 1.54) is 0 Å². The molecule has 1 unspecified atom stereocenters. The fourth-order valence-corrected chi connectivity index (χ4v) is 2.71. The number of amides is 1. The predicted molar refractivity (Wildman–Crippen MR) is 84.5 cm³/mol. The molecule has 1 amide bonds. The number of aryl methyl sites for hydroxylation is 2. The predicted octanol–water partition coefficient (Wildman–Crippen LogP) is 2.71. The first-order valence-electron chi connectivity index (χ1n) is 6.47. The molecule has 108 valence electrons. The molecule has 0 aliphatic rings. The van der Waals surface area contributed by atoms with Crippen molar-refractivity contribution in [2.45, 2.75) is 25.8 Å². The zero-order valence-electron chi connectivity index (χ0n) is 11.8. The maximum atomic E-state index is 12.4. The molecule has 2 aromatic rings. The molecule has 20 heavy (non-hydrogen) atoms. The highest BCUT2D eigenvalue weighted by Crippen LogP contribution is 2.15. The van der Waals surface area contributed by atoms with Gasteiger partial charge in [-0.2, -0.15) is 5.10 Å². The summed E-state index contributed by atoms with van der Waals surface area (Å²) in [6.45, 7) is 2.04. The number of furan rings is 1. The largest absolute Gasteiger partial charge is 0.469 e. The second kappa shape index (κ2) is 6.43. The molecule has 0 fully saturated rings. The van der Waals surface area contributed by atoms with Crippen LogP contribution in [0.4, 0.5) is 0 Å². The van der Waals surface area contributed by atoms with Crippen LogP contribution in [-0.4, -0.2) is 33.7 Å². The van der Waals surface area contributed by atoms with E-state index in [1.807, 2.05) is 39.3 Å². The van der Waals surface area contributed by atoms with Gasteiger partial charge in [-0.15, -0.1) is 0 Å². The molecular weight excluding hydrogens is 369 g/mol. The van der Waals surface area contributed by atoms with Gasteiger partial charge in [-0.1, -0.05) is 0 Å². The van der Waals surface area contributed by atoms with Crippen LogP contribution in [0.25, 0.3) is 0 Å². The summed E-state index contributed by atoms with van der Waals surface area (Å²) in [5, 5.41) is 4.22. The zero-order chi connectivity index (χ0) is 14.7. The lowest BCUT2D eigenvalue weighted by molar-refractivity contribution is 0.0728. The van der Waals surface area contributed by atoms with Crippen LogP contribution < -0.4 is 0 Å². The van der Waals surface area contributed by atoms with Gasteiger partial charge in [0.05, 0.1) is 9.83 Å². The third kappa shape index (κ3) is 3.41. The number of halogens is 1. The molecule has 2 rings (SSSR count). The van der Waals surface area contributed by atoms with Gasteiger partial charge in [-0.25, -0.2) is 0 Å². The summed E-state index contributed by atoms with van der Waals surface area (Å²) in [5.41, 5.74) is 0.514. The number of aromatic nitrogens is 2. The van der Waals surface area contributed by atoms with Gasteiger partial charge in [0, 0.05) is 32.8 Å². The van der Waals surface area contributed by atoms with Crippen molar-refractivity contribution in [2.24, 2.45) is 7.05 Å². The Hall–Kier alpha value is -1.31. The van der Waals surface area contributed by atoms with Crippen LogP contribution in [0.15, 0.2) is 29.0 Å². The molecule has 0 aliphatic heterocycles. The van der Waals surface area contributed by atoms with Crippen molar-refractivity contribution < 1.29 is 9.21 Å². The molecule has 0 bridgehead atoms. The third-order valence-electron chi connectivity index (χ3n) is 3.36. The van der Waals surface area contributed by atoms with Crippen LogP contribution in [0.1, 0.15) is 29.6 Å². The maximum absolute atomic E-state index is 12.4. The normalized spacial score (nSPS) is 12.4. The van der Waals surface area contributed by atoms with E-state index in [9.17, 15) is 4.79 Å². The van der Waals surface area contributed by atoms with Gasteiger partial charge in [0.25, 0.3) is 5.91 Å². The van der Waals surface area contributed by atoms with Crippen molar-refractivity contribution >= 4 is 28.5 Å². The number of nitrogens with zero attached hydrogens (tertiary/aromatic N) is 3. The Bertz CT molecular complexity index is 577. The first-order valence-corrected chi connectivity index (χ1v) is 7.55. The molecule has 1 atom stereocenters. The molecule has 0 aliphatic carbocycles. The van der Waals surface area contributed by atoms with E-state index in [0.717, 1.165) is 22.2 Å². The Kier molecular flexibility index (Phi) is 4.85. The topological polar surface area (TPSA) is 51.3 Å². The molecule has 0 N–H and O–H groups in total. The Labute approximate surface area is 132 Å². The van der Waals surface area contributed by atoms with Crippen LogP contribution in [0.5, 0.6) is 0 Å². The summed E-state index contributed by atoms with van der Waals surface area (Å²) in [4.78, 5) is 14.1. The molecular formula is C14H18IN3O2. The highest BCUT2D eigenvalue weighted by Gasteiger charge is 2.22. The van der Waals surface area contributed by atoms with E-state index >= 15 is 0 Å². The fraction of sp³-hybridized carbons (Fsp3) is 0.429. The summed E-state index contributed by atoms with van der Waals surface area (Å²) < 4.78 is 7.85. The van der Waals surface area contributed by atoms with Gasteiger partial charge in [-0.05, 0) is 48.1 Å². The molecule has 2 heterocycles. The van der Waals surface area contributed by atoms with Crippen LogP contribution in [0, 0.1) is 3.57 Å². The average molecular weight is 387 g/mol. The van der Waals surface area contributed by atoms with Gasteiger partial charge in [-0.3, -0.25) is 9.48 Å². The highest BCUT2D eigenvalue weighted by molar-refractivity contribution is 14.1. The minimum absolute atomic E-state index is 0.0399. The molecule has 5 nitrogen and oxygen atoms in total. The van der Waals surface area contributed by atoms with E-state index in [4.69, 9.17) is 4.42 Å². The van der Waals surface area contributed by atoms with E-state index in [1.54, 1.807) is 15.8 Å². The lowest BCUT2D eigenvalue weighted by Gasteiger charge is -2.24. The van der Waals surface area contributed by atoms with Crippen molar-refractivity contribution in [3.05, 3.63) is 39.6 Å². The van der Waals surface area contributed by atoms with Gasteiger partial charge >= 0.3 is 0 Å². The number of carbonyl (C=O) groups is 1. The zero-order valence-corrected chi connectivity index (χ0v) is 14.0. The van der Waals surface area contributed by atoms with Gasteiger partial charge in [0.1, 0.15) is 5.76 Å². The SMILES string of the molecule is CC(CCc1ccco1)N(C)C(=O)c1nn(C)cc1I. The van der Waals surface area contributed by atoms with Gasteiger partial charge < -0.3 is 9.32 Å². The van der Waals surface area contributed by atoms with Gasteiger partial charge in [0.15, 0.2) is 5.69 Å². The monoisotopic (exact) mass is 387 g/mol. The third-order valence-corrected chi connectivity index (χ3v) is 4.15. The summed E-state index contributed by atoms with van der Waals surface area (Å²) in [6, 6.07) is 3.96. The number of hydrogen-bond acceptors (Lipinski definition) is 3. The summed E-state index contributed by atoms with van der Waals surface area (Å²) in [6.07, 6.45) is 5.20. The number of hydrogen-bond donors (Lipinski definition) is 0. The van der Waals surface area contributed by atoms with Crippen LogP contribution in [-0.2, 0) is 13.5 Å². The Morgan fingerprint density at radius 2 is 2.35 bits per heavy atom. The Balaban J connectivity index is 1.97. The second-order valence-corrected chi connectivity index (χ2v) is 6.04. The molecule has 0 saturated heterocycles. The smallest absolute Gasteiger partial charge is 0.275 e. The molecule has 6 heteroatoms. The lowest BCUT2D eigenvalue weighted by Crippen LogP contribution is -2.36. The fourth-order valence-electron chi connectivity index (χ4n) is 1.97. The summed E-state index contributed by atoms with van der Waals surface area (Å²) in [7, 11) is 3.64. The van der Waals surface area contributed by atoms with Crippen molar-refractivity contribution in [1.29, 1.82) is 0 Å². The Morgan fingerprint density at radius 3 is 2.90 bits per heavy atom. The lowest BCUT2D eigenvalue weighted by atomic mass is 10.1. The van der Waals surface area contributed by atoms with E-state index in [2.05, 4.69) is 27.7 Å². The average Bonchev–Trinajstić information content (AvgIpc) is 3.03.